The molecule has 0 aliphatic carbocycles. The first kappa shape index (κ1) is 18.8. The Balaban J connectivity index is 1.90. The standard InChI is InChI=1S/C20H21N3O3S/c1-13-11-14(2)20(15(3)12-13)27(25,26)22-17-7-5-16(6-8-17)18-9-10-19(24)23(4)21-18/h5-12,22H,1-4H3. The van der Waals surface area contributed by atoms with Crippen molar-refractivity contribution >= 4 is 15.7 Å². The predicted molar refractivity (Wildman–Crippen MR) is 106 cm³/mol. The van der Waals surface area contributed by atoms with Gasteiger partial charge in [-0.2, -0.15) is 5.10 Å². The van der Waals surface area contributed by atoms with Crippen molar-refractivity contribution < 1.29 is 8.42 Å². The summed E-state index contributed by atoms with van der Waals surface area (Å²) in [6.45, 7) is 5.53. The normalized spacial score (nSPS) is 11.4. The van der Waals surface area contributed by atoms with Gasteiger partial charge in [-0.15, -0.1) is 0 Å². The van der Waals surface area contributed by atoms with Crippen molar-refractivity contribution in [3.05, 3.63) is 75.6 Å². The summed E-state index contributed by atoms with van der Waals surface area (Å²) >= 11 is 0. The maximum atomic E-state index is 12.8. The monoisotopic (exact) mass is 383 g/mol. The van der Waals surface area contributed by atoms with Gasteiger partial charge in [0.15, 0.2) is 0 Å². The number of rotatable bonds is 4. The fourth-order valence-corrected chi connectivity index (χ4v) is 4.68. The quantitative estimate of drug-likeness (QED) is 0.750. The van der Waals surface area contributed by atoms with E-state index < -0.39 is 10.0 Å². The van der Waals surface area contributed by atoms with E-state index in [9.17, 15) is 13.2 Å². The molecule has 27 heavy (non-hydrogen) atoms. The minimum absolute atomic E-state index is 0.188. The van der Waals surface area contributed by atoms with Gasteiger partial charge in [0, 0.05) is 24.4 Å². The zero-order chi connectivity index (χ0) is 19.8. The smallest absolute Gasteiger partial charge is 0.266 e. The van der Waals surface area contributed by atoms with E-state index in [0.717, 1.165) is 11.1 Å². The van der Waals surface area contributed by atoms with Crippen molar-refractivity contribution in [3.63, 3.8) is 0 Å². The minimum Gasteiger partial charge on any atom is -0.280 e. The molecule has 140 valence electrons. The highest BCUT2D eigenvalue weighted by Crippen LogP contribution is 2.25. The van der Waals surface area contributed by atoms with Crippen LogP contribution in [0.4, 0.5) is 5.69 Å². The molecule has 2 aromatic carbocycles. The Bertz CT molecular complexity index is 1140. The fourth-order valence-electron chi connectivity index (χ4n) is 3.16. The van der Waals surface area contributed by atoms with E-state index in [1.54, 1.807) is 51.2 Å². The summed E-state index contributed by atoms with van der Waals surface area (Å²) in [6.07, 6.45) is 0. The molecule has 1 N–H and O–H groups in total. The van der Waals surface area contributed by atoms with Crippen LogP contribution in [0.15, 0.2) is 58.2 Å². The highest BCUT2D eigenvalue weighted by Gasteiger charge is 2.20. The maximum absolute atomic E-state index is 12.8. The topological polar surface area (TPSA) is 81.1 Å². The first-order valence-corrected chi connectivity index (χ1v) is 9.91. The predicted octanol–water partition coefficient (Wildman–Crippen LogP) is 3.17. The molecule has 0 spiro atoms. The number of hydrogen-bond acceptors (Lipinski definition) is 4. The lowest BCUT2D eigenvalue weighted by molar-refractivity contribution is 0.600. The molecular weight excluding hydrogens is 362 g/mol. The van der Waals surface area contributed by atoms with Gasteiger partial charge < -0.3 is 0 Å². The number of aromatic nitrogens is 2. The van der Waals surface area contributed by atoms with E-state index in [0.29, 0.717) is 27.4 Å². The van der Waals surface area contributed by atoms with Crippen molar-refractivity contribution in [2.75, 3.05) is 4.72 Å². The molecule has 0 bridgehead atoms. The number of nitrogens with zero attached hydrogens (tertiary/aromatic N) is 2. The first-order chi connectivity index (χ1) is 12.7. The lowest BCUT2D eigenvalue weighted by atomic mass is 10.1. The van der Waals surface area contributed by atoms with Crippen molar-refractivity contribution in [1.29, 1.82) is 0 Å². The van der Waals surface area contributed by atoms with Crippen LogP contribution in [0.25, 0.3) is 11.3 Å². The summed E-state index contributed by atoms with van der Waals surface area (Å²) < 4.78 is 29.6. The molecular formula is C20H21N3O3S. The van der Waals surface area contributed by atoms with Crippen molar-refractivity contribution in [2.45, 2.75) is 25.7 Å². The molecule has 0 amide bonds. The molecule has 0 unspecified atom stereocenters. The van der Waals surface area contributed by atoms with Gasteiger partial charge in [0.1, 0.15) is 0 Å². The van der Waals surface area contributed by atoms with Crippen LogP contribution < -0.4 is 10.3 Å². The molecule has 0 saturated heterocycles. The third-order valence-corrected chi connectivity index (χ3v) is 5.95. The van der Waals surface area contributed by atoms with Crippen LogP contribution in [0.5, 0.6) is 0 Å². The summed E-state index contributed by atoms with van der Waals surface area (Å²) in [5.41, 5.74) is 4.15. The fraction of sp³-hybridized carbons (Fsp3) is 0.200. The van der Waals surface area contributed by atoms with E-state index in [1.165, 1.54) is 10.7 Å². The molecule has 0 fully saturated rings. The zero-order valence-corrected chi connectivity index (χ0v) is 16.5. The SMILES string of the molecule is Cc1cc(C)c(S(=O)(=O)Nc2ccc(-c3ccc(=O)n(C)n3)cc2)c(C)c1. The van der Waals surface area contributed by atoms with Crippen molar-refractivity contribution in [3.8, 4) is 11.3 Å². The Morgan fingerprint density at radius 2 is 1.52 bits per heavy atom. The average molecular weight is 383 g/mol. The van der Waals surface area contributed by atoms with Gasteiger partial charge in [0.25, 0.3) is 15.6 Å². The van der Waals surface area contributed by atoms with E-state index >= 15 is 0 Å². The van der Waals surface area contributed by atoms with E-state index in [2.05, 4.69) is 9.82 Å². The number of anilines is 1. The Hall–Kier alpha value is -2.93. The summed E-state index contributed by atoms with van der Waals surface area (Å²) in [5, 5.41) is 4.19. The van der Waals surface area contributed by atoms with Gasteiger partial charge >= 0.3 is 0 Å². The molecule has 0 saturated carbocycles. The number of aryl methyl sites for hydroxylation is 4. The van der Waals surface area contributed by atoms with Crippen LogP contribution in [0.2, 0.25) is 0 Å². The van der Waals surface area contributed by atoms with Gasteiger partial charge in [-0.3, -0.25) is 9.52 Å². The van der Waals surface area contributed by atoms with Crippen molar-refractivity contribution in [2.24, 2.45) is 7.05 Å². The van der Waals surface area contributed by atoms with E-state index in [-0.39, 0.29) is 5.56 Å². The van der Waals surface area contributed by atoms with Crippen LogP contribution in [0, 0.1) is 20.8 Å². The summed E-state index contributed by atoms with van der Waals surface area (Å²) in [6, 6.07) is 13.7. The third kappa shape index (κ3) is 3.93. The molecule has 0 radical (unpaired) electrons. The summed E-state index contributed by atoms with van der Waals surface area (Å²) in [7, 11) is -2.11. The van der Waals surface area contributed by atoms with Crippen LogP contribution in [0.1, 0.15) is 16.7 Å². The number of hydrogen-bond donors (Lipinski definition) is 1. The van der Waals surface area contributed by atoms with Crippen LogP contribution in [-0.4, -0.2) is 18.2 Å². The maximum Gasteiger partial charge on any atom is 0.266 e. The first-order valence-electron chi connectivity index (χ1n) is 8.43. The number of benzene rings is 2. The highest BCUT2D eigenvalue weighted by atomic mass is 32.2. The molecule has 7 heteroatoms. The molecule has 1 aromatic heterocycles. The second-order valence-electron chi connectivity index (χ2n) is 6.59. The highest BCUT2D eigenvalue weighted by molar-refractivity contribution is 7.92. The Morgan fingerprint density at radius 3 is 2.07 bits per heavy atom. The van der Waals surface area contributed by atoms with Gasteiger partial charge in [-0.1, -0.05) is 29.8 Å². The molecule has 0 atom stereocenters. The summed E-state index contributed by atoms with van der Waals surface area (Å²) in [4.78, 5) is 11.8. The van der Waals surface area contributed by atoms with Gasteiger partial charge in [-0.05, 0) is 50.1 Å². The Labute approximate surface area is 158 Å². The van der Waals surface area contributed by atoms with Gasteiger partial charge in [-0.25, -0.2) is 13.1 Å². The summed E-state index contributed by atoms with van der Waals surface area (Å²) in [5.74, 6) is 0. The van der Waals surface area contributed by atoms with Crippen LogP contribution in [0.3, 0.4) is 0 Å². The minimum atomic E-state index is -3.69. The molecule has 0 aliphatic heterocycles. The van der Waals surface area contributed by atoms with Crippen molar-refractivity contribution in [1.82, 2.24) is 9.78 Å². The Morgan fingerprint density at radius 1 is 0.926 bits per heavy atom. The van der Waals surface area contributed by atoms with E-state index in [4.69, 9.17) is 0 Å². The van der Waals surface area contributed by atoms with Gasteiger partial charge in [0.05, 0.1) is 10.6 Å². The zero-order valence-electron chi connectivity index (χ0n) is 15.6. The number of sulfonamides is 1. The molecule has 6 nitrogen and oxygen atoms in total. The number of nitrogens with one attached hydrogen (secondary N) is 1. The largest absolute Gasteiger partial charge is 0.280 e. The second kappa shape index (κ2) is 7.00. The second-order valence-corrected chi connectivity index (χ2v) is 8.21. The van der Waals surface area contributed by atoms with Crippen LogP contribution >= 0.6 is 0 Å². The lowest BCUT2D eigenvalue weighted by Crippen LogP contribution is -2.18. The third-order valence-electron chi connectivity index (χ3n) is 4.27. The van der Waals surface area contributed by atoms with E-state index in [1.807, 2.05) is 19.1 Å². The average Bonchev–Trinajstić information content (AvgIpc) is 2.56. The lowest BCUT2D eigenvalue weighted by Gasteiger charge is -2.14. The molecule has 0 aliphatic rings. The van der Waals surface area contributed by atoms with Crippen LogP contribution in [-0.2, 0) is 17.1 Å². The Kier molecular flexibility index (Phi) is 4.89. The molecule has 3 aromatic rings. The van der Waals surface area contributed by atoms with Gasteiger partial charge in [0.2, 0.25) is 0 Å². The molecule has 3 rings (SSSR count). The molecule has 1 heterocycles.